The Labute approximate surface area is 207 Å². The molecule has 0 radical (unpaired) electrons. The number of aryl methyl sites for hydroxylation is 1. The summed E-state index contributed by atoms with van der Waals surface area (Å²) in [6.45, 7) is 2.38. The van der Waals surface area contributed by atoms with Gasteiger partial charge in [-0.3, -0.25) is 9.59 Å². The number of nitrogens with zero attached hydrogens (tertiary/aromatic N) is 5. The van der Waals surface area contributed by atoms with Crippen LogP contribution >= 0.6 is 0 Å². The third kappa shape index (κ3) is 4.52. The number of amides is 2. The van der Waals surface area contributed by atoms with Crippen LogP contribution in [-0.4, -0.2) is 116 Å². The van der Waals surface area contributed by atoms with Crippen LogP contribution in [0.5, 0.6) is 5.75 Å². The molecule has 35 heavy (non-hydrogen) atoms. The molecular weight excluding hydrogens is 446 g/mol. The van der Waals surface area contributed by atoms with E-state index >= 15 is 0 Å². The molecule has 9 nitrogen and oxygen atoms in total. The number of methoxy groups -OCH3 is 1. The second kappa shape index (κ2) is 9.79. The van der Waals surface area contributed by atoms with Crippen LogP contribution in [0.15, 0.2) is 18.2 Å². The molecule has 1 aromatic carbocycles. The summed E-state index contributed by atoms with van der Waals surface area (Å²) in [7, 11) is 11.2. The molecule has 1 spiro atoms. The highest BCUT2D eigenvalue weighted by Gasteiger charge is 2.49. The molecule has 9 heteroatoms. The Bertz CT molecular complexity index is 1100. The first-order chi connectivity index (χ1) is 16.6. The Morgan fingerprint density at radius 3 is 2.29 bits per heavy atom. The second-order valence-electron chi connectivity index (χ2n) is 10.6. The monoisotopic (exact) mass is 485 g/mol. The fraction of sp³-hybridized carbons (Fsp3) is 0.615. The Kier molecular flexibility index (Phi) is 7.13. The molecule has 1 atom stereocenters. The van der Waals surface area contributed by atoms with Crippen molar-refractivity contribution in [1.29, 1.82) is 0 Å². The summed E-state index contributed by atoms with van der Waals surface area (Å²) >= 11 is 0. The van der Waals surface area contributed by atoms with E-state index in [1.807, 2.05) is 67.0 Å². The quantitative estimate of drug-likeness (QED) is 0.659. The maximum atomic E-state index is 13.4. The maximum Gasteiger partial charge on any atom is 0.237 e. The summed E-state index contributed by atoms with van der Waals surface area (Å²) in [6.07, 6.45) is 1.54. The number of ether oxygens (including phenoxy) is 1. The topological polar surface area (TPSA) is 81.5 Å². The third-order valence-electron chi connectivity index (χ3n) is 7.62. The lowest BCUT2D eigenvalue weighted by Gasteiger charge is -2.50. The van der Waals surface area contributed by atoms with Crippen LogP contribution in [0.4, 0.5) is 0 Å². The van der Waals surface area contributed by atoms with Crippen LogP contribution in [0.2, 0.25) is 0 Å². The van der Waals surface area contributed by atoms with Gasteiger partial charge in [0.1, 0.15) is 5.75 Å². The first-order valence-electron chi connectivity index (χ1n) is 12.3. The highest BCUT2D eigenvalue weighted by molar-refractivity contribution is 5.90. The van der Waals surface area contributed by atoms with Crippen molar-refractivity contribution >= 4 is 22.7 Å². The fourth-order valence-corrected chi connectivity index (χ4v) is 5.94. The van der Waals surface area contributed by atoms with Crippen molar-refractivity contribution in [2.24, 2.45) is 7.05 Å². The predicted octanol–water partition coefficient (Wildman–Crippen LogP) is 1.05. The van der Waals surface area contributed by atoms with Gasteiger partial charge in [-0.05, 0) is 58.7 Å². The number of piperidine rings is 1. The van der Waals surface area contributed by atoms with E-state index in [0.29, 0.717) is 26.2 Å². The number of aliphatic hydroxyl groups excluding tert-OH is 1. The number of aromatic nitrogens is 1. The highest BCUT2D eigenvalue weighted by atomic mass is 16.5. The van der Waals surface area contributed by atoms with Crippen LogP contribution in [-0.2, 0) is 22.1 Å². The number of likely N-dealkylation sites (tertiary alicyclic amines) is 1. The molecule has 2 aliphatic heterocycles. The third-order valence-corrected chi connectivity index (χ3v) is 7.62. The zero-order valence-corrected chi connectivity index (χ0v) is 21.9. The van der Waals surface area contributed by atoms with Gasteiger partial charge in [0.05, 0.1) is 38.4 Å². The number of carbonyl (C=O) groups excluding carboxylic acids is 2. The van der Waals surface area contributed by atoms with E-state index in [0.717, 1.165) is 35.2 Å². The SMILES string of the molecule is COc1ccc2c3c(n(C)c2c1)[C@@H](CO)N(C(=O)CN(C)C)CC31CCN(C(=O)CN(C)C)CC1. The molecule has 1 N–H and O–H groups in total. The first-order valence-corrected chi connectivity index (χ1v) is 12.3. The van der Waals surface area contributed by atoms with Crippen LogP contribution in [0, 0.1) is 0 Å². The van der Waals surface area contributed by atoms with Crippen molar-refractivity contribution in [1.82, 2.24) is 24.2 Å². The minimum atomic E-state index is -0.417. The lowest BCUT2D eigenvalue weighted by molar-refractivity contribution is -0.140. The highest BCUT2D eigenvalue weighted by Crippen LogP contribution is 2.50. The number of carbonyl (C=O) groups is 2. The Morgan fingerprint density at radius 1 is 1.09 bits per heavy atom. The molecule has 1 aromatic heterocycles. The van der Waals surface area contributed by atoms with Crippen LogP contribution < -0.4 is 4.74 Å². The van der Waals surface area contributed by atoms with Crippen molar-refractivity contribution in [3.05, 3.63) is 29.5 Å². The van der Waals surface area contributed by atoms with E-state index in [9.17, 15) is 14.7 Å². The number of aliphatic hydroxyl groups is 1. The summed E-state index contributed by atoms with van der Waals surface area (Å²) in [5, 5.41) is 11.7. The summed E-state index contributed by atoms with van der Waals surface area (Å²) in [6, 6.07) is 5.69. The summed E-state index contributed by atoms with van der Waals surface area (Å²) in [4.78, 5) is 33.8. The number of hydrogen-bond donors (Lipinski definition) is 1. The number of hydrogen-bond acceptors (Lipinski definition) is 6. The minimum Gasteiger partial charge on any atom is -0.497 e. The second-order valence-corrected chi connectivity index (χ2v) is 10.6. The van der Waals surface area contributed by atoms with Crippen LogP contribution in [0.3, 0.4) is 0 Å². The number of likely N-dealkylation sites (N-methyl/N-ethyl adjacent to an activating group) is 2. The van der Waals surface area contributed by atoms with Crippen molar-refractivity contribution in [3.8, 4) is 5.75 Å². The average Bonchev–Trinajstić information content (AvgIpc) is 3.11. The van der Waals surface area contributed by atoms with Crippen LogP contribution in [0.1, 0.15) is 30.1 Å². The molecule has 0 unspecified atom stereocenters. The lowest BCUT2D eigenvalue weighted by atomic mass is 9.68. The van der Waals surface area contributed by atoms with Gasteiger partial charge in [0.15, 0.2) is 0 Å². The van der Waals surface area contributed by atoms with Gasteiger partial charge in [0.25, 0.3) is 0 Å². The maximum absolute atomic E-state index is 13.4. The molecule has 2 aliphatic rings. The normalized spacial score (nSPS) is 19.6. The summed E-state index contributed by atoms with van der Waals surface area (Å²) in [5.74, 6) is 0.917. The molecule has 0 aliphatic carbocycles. The molecule has 1 fully saturated rings. The van der Waals surface area contributed by atoms with E-state index in [1.54, 1.807) is 7.11 Å². The predicted molar refractivity (Wildman–Crippen MR) is 136 cm³/mol. The van der Waals surface area contributed by atoms with Crippen molar-refractivity contribution in [2.75, 3.05) is 74.6 Å². The van der Waals surface area contributed by atoms with Gasteiger partial charge in [-0.25, -0.2) is 0 Å². The largest absolute Gasteiger partial charge is 0.497 e. The van der Waals surface area contributed by atoms with E-state index < -0.39 is 6.04 Å². The Morgan fingerprint density at radius 2 is 1.71 bits per heavy atom. The zero-order valence-electron chi connectivity index (χ0n) is 21.9. The van der Waals surface area contributed by atoms with Crippen LogP contribution in [0.25, 0.3) is 10.9 Å². The number of rotatable bonds is 6. The van der Waals surface area contributed by atoms with Gasteiger partial charge in [-0.1, -0.05) is 0 Å². The number of benzene rings is 1. The molecule has 1 saturated heterocycles. The standard InChI is InChI=1S/C26H39N5O4/c1-27(2)14-22(33)30-11-9-26(10-12-30)17-31(23(34)15-28(3)4)21(16-32)25-24(26)19-8-7-18(35-6)13-20(19)29(25)5/h7-8,13,21,32H,9-12,14-17H2,1-6H3/t21-/m1/s1. The Balaban J connectivity index is 1.82. The van der Waals surface area contributed by atoms with Gasteiger partial charge in [0.2, 0.25) is 11.8 Å². The molecule has 0 saturated carbocycles. The van der Waals surface area contributed by atoms with Gasteiger partial charge in [-0.2, -0.15) is 0 Å². The van der Waals surface area contributed by atoms with E-state index in [2.05, 4.69) is 10.6 Å². The first kappa shape index (κ1) is 25.5. The van der Waals surface area contributed by atoms with Gasteiger partial charge in [-0.15, -0.1) is 0 Å². The lowest BCUT2D eigenvalue weighted by Crippen LogP contribution is -2.57. The molecule has 0 bridgehead atoms. The summed E-state index contributed by atoms with van der Waals surface area (Å²) in [5.41, 5.74) is 2.94. The zero-order chi connectivity index (χ0) is 25.5. The van der Waals surface area contributed by atoms with Crippen molar-refractivity contribution in [3.63, 3.8) is 0 Å². The van der Waals surface area contributed by atoms with E-state index in [4.69, 9.17) is 4.74 Å². The number of fused-ring (bicyclic) bond motifs is 4. The minimum absolute atomic E-state index is 0.00743. The average molecular weight is 486 g/mol. The van der Waals surface area contributed by atoms with Crippen molar-refractivity contribution < 1.29 is 19.4 Å². The van der Waals surface area contributed by atoms with Crippen molar-refractivity contribution in [2.45, 2.75) is 24.3 Å². The molecule has 192 valence electrons. The molecule has 2 aromatic rings. The van der Waals surface area contributed by atoms with Gasteiger partial charge >= 0.3 is 0 Å². The summed E-state index contributed by atoms with van der Waals surface area (Å²) < 4.78 is 7.61. The Hall–Kier alpha value is -2.62. The molecular formula is C26H39N5O4. The van der Waals surface area contributed by atoms with Gasteiger partial charge < -0.3 is 34.0 Å². The fourth-order valence-electron chi connectivity index (χ4n) is 5.94. The molecule has 3 heterocycles. The molecule has 2 amide bonds. The van der Waals surface area contributed by atoms with E-state index in [1.165, 1.54) is 5.56 Å². The smallest absolute Gasteiger partial charge is 0.237 e. The van der Waals surface area contributed by atoms with E-state index in [-0.39, 0.29) is 30.4 Å². The van der Waals surface area contributed by atoms with Gasteiger partial charge in [0, 0.05) is 49.2 Å². The molecule has 4 rings (SSSR count).